The molecule has 3 aromatic rings. The first-order valence-electron chi connectivity index (χ1n) is 12.8. The van der Waals surface area contributed by atoms with Crippen LogP contribution in [-0.4, -0.2) is 62.7 Å². The average molecular weight is 560 g/mol. The van der Waals surface area contributed by atoms with Crippen LogP contribution in [0.15, 0.2) is 24.4 Å². The van der Waals surface area contributed by atoms with Crippen molar-refractivity contribution < 1.29 is 32.3 Å². The lowest BCUT2D eigenvalue weighted by atomic mass is 10.0. The Kier molecular flexibility index (Phi) is 7.02. The van der Waals surface area contributed by atoms with Crippen LogP contribution in [0.25, 0.3) is 16.9 Å². The maximum atomic E-state index is 13.3. The zero-order valence-corrected chi connectivity index (χ0v) is 21.8. The summed E-state index contributed by atoms with van der Waals surface area (Å²) in [7, 11) is 0. The van der Waals surface area contributed by atoms with Gasteiger partial charge in [-0.3, -0.25) is 14.4 Å². The topological polar surface area (TPSA) is 144 Å². The van der Waals surface area contributed by atoms with Gasteiger partial charge >= 0.3 is 6.36 Å². The molecule has 2 atom stereocenters. The van der Waals surface area contributed by atoms with Crippen LogP contribution in [0, 0.1) is 12.8 Å². The number of nitrogens with one attached hydrogen (secondary N) is 2. The van der Waals surface area contributed by atoms with E-state index in [-0.39, 0.29) is 65.3 Å². The van der Waals surface area contributed by atoms with Crippen LogP contribution >= 0.6 is 0 Å². The molecule has 40 heavy (non-hydrogen) atoms. The van der Waals surface area contributed by atoms with E-state index in [9.17, 15) is 27.6 Å². The number of aromatic nitrogens is 3. The predicted molar refractivity (Wildman–Crippen MR) is 137 cm³/mol. The third kappa shape index (κ3) is 5.65. The first-order valence-corrected chi connectivity index (χ1v) is 12.8. The van der Waals surface area contributed by atoms with Crippen LogP contribution in [0.2, 0.25) is 0 Å². The lowest BCUT2D eigenvalue weighted by Crippen LogP contribution is -2.36. The molecule has 1 aromatic carbocycles. The fraction of sp³-hybridized carbons (Fsp3) is 0.423. The molecule has 3 amide bonds. The van der Waals surface area contributed by atoms with Crippen LogP contribution < -0.4 is 21.1 Å². The van der Waals surface area contributed by atoms with Crippen molar-refractivity contribution >= 4 is 29.7 Å². The molecule has 1 saturated heterocycles. The number of carbonyl (C=O) groups is 3. The Bertz CT molecular complexity index is 1490. The van der Waals surface area contributed by atoms with Gasteiger partial charge in [0, 0.05) is 37.3 Å². The molecule has 5 rings (SSSR count). The number of nitrogens with two attached hydrogens (primary N) is 1. The Morgan fingerprint density at radius 1 is 1.38 bits per heavy atom. The molecule has 2 aromatic heterocycles. The number of anilines is 1. The van der Waals surface area contributed by atoms with Gasteiger partial charge in [0.2, 0.25) is 12.3 Å². The van der Waals surface area contributed by atoms with Gasteiger partial charge in [0.05, 0.1) is 11.7 Å². The highest BCUT2D eigenvalue weighted by Gasteiger charge is 2.34. The monoisotopic (exact) mass is 559 g/mol. The van der Waals surface area contributed by atoms with Crippen molar-refractivity contribution in [2.75, 3.05) is 12.3 Å². The van der Waals surface area contributed by atoms with E-state index in [1.165, 1.54) is 29.8 Å². The Morgan fingerprint density at radius 3 is 2.75 bits per heavy atom. The summed E-state index contributed by atoms with van der Waals surface area (Å²) in [6.45, 7) is 3.78. The van der Waals surface area contributed by atoms with E-state index in [0.29, 0.717) is 17.9 Å². The molecule has 14 heteroatoms. The van der Waals surface area contributed by atoms with E-state index in [0.717, 1.165) is 12.8 Å². The van der Waals surface area contributed by atoms with Gasteiger partial charge in [0.15, 0.2) is 11.5 Å². The number of ether oxygens (including phenoxy) is 1. The molecule has 1 saturated carbocycles. The number of hydrogen-bond donors (Lipinski definition) is 3. The number of carbonyl (C=O) groups excluding carboxylic acids is 3. The molecule has 1 aliphatic heterocycles. The van der Waals surface area contributed by atoms with Crippen LogP contribution in [0.5, 0.6) is 5.75 Å². The van der Waals surface area contributed by atoms with Crippen LogP contribution in [0.3, 0.4) is 0 Å². The number of hydrogen-bond acceptors (Lipinski definition) is 7. The van der Waals surface area contributed by atoms with Crippen molar-refractivity contribution in [2.45, 2.75) is 58.1 Å². The third-order valence-corrected chi connectivity index (χ3v) is 7.36. The summed E-state index contributed by atoms with van der Waals surface area (Å²) in [5, 5.41) is 9.48. The molecule has 3 heterocycles. The molecule has 0 radical (unpaired) electrons. The molecule has 2 fully saturated rings. The fourth-order valence-electron chi connectivity index (χ4n) is 4.90. The van der Waals surface area contributed by atoms with Gasteiger partial charge in [-0.05, 0) is 61.9 Å². The highest BCUT2D eigenvalue weighted by atomic mass is 19.4. The molecule has 212 valence electrons. The number of nitrogens with zero attached hydrogens (tertiary/aromatic N) is 4. The smallest absolute Gasteiger partial charge is 0.405 e. The zero-order valence-electron chi connectivity index (χ0n) is 21.8. The predicted octanol–water partition coefficient (Wildman–Crippen LogP) is 2.56. The van der Waals surface area contributed by atoms with Crippen LogP contribution in [0.1, 0.15) is 47.7 Å². The lowest BCUT2D eigenvalue weighted by molar-refractivity contribution is -0.274. The van der Waals surface area contributed by atoms with Gasteiger partial charge < -0.3 is 26.0 Å². The van der Waals surface area contributed by atoms with Crippen molar-refractivity contribution in [3.8, 4) is 17.0 Å². The maximum Gasteiger partial charge on any atom is 0.573 e. The highest BCUT2D eigenvalue weighted by Crippen LogP contribution is 2.37. The zero-order chi connectivity index (χ0) is 28.8. The van der Waals surface area contributed by atoms with Gasteiger partial charge in [0.1, 0.15) is 11.3 Å². The normalized spacial score (nSPS) is 17.9. The molecule has 11 nitrogen and oxygen atoms in total. The van der Waals surface area contributed by atoms with E-state index >= 15 is 0 Å². The standard InChI is InChI=1S/C26H28F3N7O4/c1-13-17(11-35(12-37)14(2)15-3-4-15)7-16(8-20(13)40-26(27,28)29)19-5-6-36-24(33-19)22(23(30)34-36)25(39)32-18-9-21(38)31-10-18/h5-8,12,14-15,18H,3-4,9-11H2,1-2H3,(H2,30,34)(H,31,38)(H,32,39). The summed E-state index contributed by atoms with van der Waals surface area (Å²) in [4.78, 5) is 42.5. The maximum absolute atomic E-state index is 13.3. The second-order valence-corrected chi connectivity index (χ2v) is 10.2. The molecule has 2 aliphatic rings. The summed E-state index contributed by atoms with van der Waals surface area (Å²) in [5.41, 5.74) is 7.29. The van der Waals surface area contributed by atoms with Gasteiger partial charge in [-0.1, -0.05) is 0 Å². The quantitative estimate of drug-likeness (QED) is 0.342. The molecule has 1 aliphatic carbocycles. The Morgan fingerprint density at radius 2 is 2.12 bits per heavy atom. The number of alkyl halides is 3. The lowest BCUT2D eigenvalue weighted by Gasteiger charge is -2.27. The number of halogens is 3. The average Bonchev–Trinajstić information content (AvgIpc) is 3.57. The van der Waals surface area contributed by atoms with Crippen molar-refractivity contribution in [3.05, 3.63) is 41.1 Å². The molecule has 4 N–H and O–H groups in total. The summed E-state index contributed by atoms with van der Waals surface area (Å²) < 4.78 is 45.5. The molecular formula is C26H28F3N7O4. The minimum atomic E-state index is -4.94. The van der Waals surface area contributed by atoms with Gasteiger partial charge in [-0.15, -0.1) is 18.3 Å². The van der Waals surface area contributed by atoms with Gasteiger partial charge in [-0.2, -0.15) is 0 Å². The number of nitrogen functional groups attached to an aromatic ring is 1. The SMILES string of the molecule is Cc1c(CN(C=O)C(C)C2CC2)cc(-c2ccn3nc(N)c(C(=O)NC4CNC(=O)C4)c3n2)cc1OC(F)(F)F. The highest BCUT2D eigenvalue weighted by molar-refractivity contribution is 6.04. The summed E-state index contributed by atoms with van der Waals surface area (Å²) in [6.07, 6.45) is -0.636. The summed E-state index contributed by atoms with van der Waals surface area (Å²) in [6, 6.07) is 3.90. The van der Waals surface area contributed by atoms with Crippen molar-refractivity contribution in [3.63, 3.8) is 0 Å². The van der Waals surface area contributed by atoms with Crippen molar-refractivity contribution in [1.82, 2.24) is 30.1 Å². The molecular weight excluding hydrogens is 531 g/mol. The van der Waals surface area contributed by atoms with E-state index in [1.807, 2.05) is 6.92 Å². The van der Waals surface area contributed by atoms with E-state index in [2.05, 4.69) is 25.5 Å². The summed E-state index contributed by atoms with van der Waals surface area (Å²) >= 11 is 0. The first kappa shape index (κ1) is 27.2. The van der Waals surface area contributed by atoms with E-state index in [4.69, 9.17) is 5.73 Å². The Hall–Kier alpha value is -4.36. The Balaban J connectivity index is 1.54. The largest absolute Gasteiger partial charge is 0.573 e. The minimum absolute atomic E-state index is 0.0225. The van der Waals surface area contributed by atoms with Crippen LogP contribution in [-0.2, 0) is 16.1 Å². The van der Waals surface area contributed by atoms with Crippen molar-refractivity contribution in [1.29, 1.82) is 0 Å². The van der Waals surface area contributed by atoms with Gasteiger partial charge in [0.25, 0.3) is 5.91 Å². The van der Waals surface area contributed by atoms with Crippen LogP contribution in [0.4, 0.5) is 19.0 Å². The van der Waals surface area contributed by atoms with E-state index < -0.39 is 24.1 Å². The third-order valence-electron chi connectivity index (χ3n) is 7.36. The summed E-state index contributed by atoms with van der Waals surface area (Å²) in [5.74, 6) is -0.930. The molecule has 2 unspecified atom stereocenters. The first-order chi connectivity index (χ1) is 18.9. The number of benzene rings is 1. The van der Waals surface area contributed by atoms with Crippen molar-refractivity contribution in [2.24, 2.45) is 5.92 Å². The van der Waals surface area contributed by atoms with E-state index in [1.54, 1.807) is 11.0 Å². The number of amides is 3. The molecule has 0 bridgehead atoms. The number of fused-ring (bicyclic) bond motifs is 1. The Labute approximate surface area is 226 Å². The fourth-order valence-corrected chi connectivity index (χ4v) is 4.90. The molecule has 0 spiro atoms. The second-order valence-electron chi connectivity index (χ2n) is 10.2. The number of rotatable bonds is 9. The minimum Gasteiger partial charge on any atom is -0.405 e. The van der Waals surface area contributed by atoms with Gasteiger partial charge in [-0.25, -0.2) is 9.50 Å². The second kappa shape index (κ2) is 10.3.